The quantitative estimate of drug-likeness (QED) is 0.165. The first-order chi connectivity index (χ1) is 36.9. The van der Waals surface area contributed by atoms with E-state index >= 15 is 0 Å². The molecule has 76 heavy (non-hydrogen) atoms. The Bertz CT molecular complexity index is 5060. The zero-order chi connectivity index (χ0) is 51.4. The minimum absolute atomic E-state index is 0.0999. The molecule has 5 heterocycles. The molecule has 0 unspecified atom stereocenters. The summed E-state index contributed by atoms with van der Waals surface area (Å²) in [5.74, 6) is 0.479. The van der Waals surface area contributed by atoms with Crippen molar-refractivity contribution in [2.24, 2.45) is 0 Å². The van der Waals surface area contributed by atoms with Crippen molar-refractivity contribution in [3.63, 3.8) is 0 Å². The molecule has 0 N–H and O–H groups in total. The van der Waals surface area contributed by atoms with E-state index in [1.165, 1.54) is 12.1 Å². The highest BCUT2D eigenvalue weighted by Gasteiger charge is 2.36. The molecule has 0 fully saturated rings. The summed E-state index contributed by atoms with van der Waals surface area (Å²) in [5.41, 5.74) is 3.72. The standard InChI is InChI=1S/C64H34F6N6/c65-63(66,67)40-25-27-55-48(33-40)44-19-6-9-21-51(44)73(55)59-50(35-71)60(74-52-22-10-5-17-42(52)46-29-36-13-1-3-15-38(36)31-57(46)74)62(76-54-24-12-7-18-43(54)47-30-37-14-2-4-16-39(37)32-58(47)76)72-61(59)75-53-23-11-8-20-45(53)49-34-41(64(68,69)70)26-28-56(49)75/h1-34H. The van der Waals surface area contributed by atoms with Crippen molar-refractivity contribution in [2.45, 2.75) is 12.4 Å². The number of hydrogen-bond acceptors (Lipinski definition) is 2. The van der Waals surface area contributed by atoms with E-state index in [1.807, 2.05) is 84.9 Å². The predicted octanol–water partition coefficient (Wildman–Crippen LogP) is 17.7. The number of pyridine rings is 1. The average molecular weight is 1000 g/mol. The number of fused-ring (bicyclic) bond motifs is 14. The van der Waals surface area contributed by atoms with Gasteiger partial charge in [-0.1, -0.05) is 121 Å². The molecular weight excluding hydrogens is 967 g/mol. The molecule has 5 aromatic heterocycles. The van der Waals surface area contributed by atoms with Gasteiger partial charge in [-0.05, 0) is 106 Å². The van der Waals surface area contributed by atoms with Gasteiger partial charge in [-0.25, -0.2) is 4.98 Å². The molecule has 15 aromatic rings. The molecule has 0 atom stereocenters. The average Bonchev–Trinajstić information content (AvgIpc) is 4.26. The van der Waals surface area contributed by atoms with Crippen LogP contribution >= 0.6 is 0 Å². The molecule has 0 radical (unpaired) electrons. The number of halogens is 6. The van der Waals surface area contributed by atoms with E-state index < -0.39 is 23.5 Å². The number of nitrogens with zero attached hydrogens (tertiary/aromatic N) is 6. The van der Waals surface area contributed by atoms with Gasteiger partial charge in [0.25, 0.3) is 0 Å². The summed E-state index contributed by atoms with van der Waals surface area (Å²) in [6, 6.07) is 64.6. The van der Waals surface area contributed by atoms with Crippen LogP contribution in [0.5, 0.6) is 0 Å². The van der Waals surface area contributed by atoms with Crippen molar-refractivity contribution >= 4 is 109 Å². The summed E-state index contributed by atoms with van der Waals surface area (Å²) in [5, 5.41) is 21.6. The molecule has 0 saturated heterocycles. The molecule has 0 aliphatic carbocycles. The number of alkyl halides is 6. The number of hydrogen-bond donors (Lipinski definition) is 0. The van der Waals surface area contributed by atoms with E-state index in [2.05, 4.69) is 51.6 Å². The van der Waals surface area contributed by atoms with Gasteiger partial charge in [-0.2, -0.15) is 31.6 Å². The molecule has 362 valence electrons. The zero-order valence-electron chi connectivity index (χ0n) is 39.6. The summed E-state index contributed by atoms with van der Waals surface area (Å²) < 4.78 is 96.0. The van der Waals surface area contributed by atoms with Crippen LogP contribution in [0.15, 0.2) is 206 Å². The van der Waals surface area contributed by atoms with Gasteiger partial charge >= 0.3 is 12.4 Å². The van der Waals surface area contributed by atoms with Crippen LogP contribution in [-0.4, -0.2) is 23.3 Å². The Hall–Kier alpha value is -9.86. The monoisotopic (exact) mass is 1000 g/mol. The predicted molar refractivity (Wildman–Crippen MR) is 291 cm³/mol. The maximum atomic E-state index is 14.7. The van der Waals surface area contributed by atoms with Gasteiger partial charge in [0.1, 0.15) is 23.0 Å². The van der Waals surface area contributed by atoms with Crippen LogP contribution in [0, 0.1) is 11.3 Å². The summed E-state index contributed by atoms with van der Waals surface area (Å²) in [7, 11) is 0. The number of para-hydroxylation sites is 4. The van der Waals surface area contributed by atoms with Crippen LogP contribution < -0.4 is 0 Å². The molecule has 0 aliphatic rings. The number of rotatable bonds is 4. The highest BCUT2D eigenvalue weighted by atomic mass is 19.4. The molecule has 6 nitrogen and oxygen atoms in total. The lowest BCUT2D eigenvalue weighted by Gasteiger charge is -2.24. The Balaban J connectivity index is 1.23. The van der Waals surface area contributed by atoms with Crippen LogP contribution in [0.2, 0.25) is 0 Å². The Morgan fingerprint density at radius 1 is 0.316 bits per heavy atom. The second kappa shape index (κ2) is 15.6. The van der Waals surface area contributed by atoms with E-state index in [4.69, 9.17) is 4.98 Å². The SMILES string of the molecule is N#Cc1c(-n2c3ccccc3c3cc(C(F)(F)F)ccc32)c(-n2c3ccccc3c3cc(C(F)(F)F)ccc32)nc(-n2c3ccccc3c3cc4ccccc4cc32)c1-n1c2ccccc2c2cc3ccccc3cc21. The van der Waals surface area contributed by atoms with Gasteiger partial charge in [-0.3, -0.25) is 9.13 Å². The third-order valence-corrected chi connectivity index (χ3v) is 15.2. The molecule has 0 aliphatic heterocycles. The van der Waals surface area contributed by atoms with E-state index in [9.17, 15) is 31.6 Å². The van der Waals surface area contributed by atoms with E-state index in [0.29, 0.717) is 44.3 Å². The Morgan fingerprint density at radius 3 is 1.03 bits per heavy atom. The third kappa shape index (κ3) is 6.14. The molecule has 10 aromatic carbocycles. The van der Waals surface area contributed by atoms with Gasteiger partial charge in [-0.15, -0.1) is 0 Å². The summed E-state index contributed by atoms with van der Waals surface area (Å²) in [4.78, 5) is 5.91. The van der Waals surface area contributed by atoms with Crippen LogP contribution in [-0.2, 0) is 12.4 Å². The zero-order valence-corrected chi connectivity index (χ0v) is 39.6. The highest BCUT2D eigenvalue weighted by molar-refractivity contribution is 6.17. The van der Waals surface area contributed by atoms with Crippen molar-refractivity contribution in [1.29, 1.82) is 5.26 Å². The number of benzene rings is 10. The Labute approximate surface area is 426 Å². The van der Waals surface area contributed by atoms with Gasteiger partial charge in [0.05, 0.1) is 55.3 Å². The summed E-state index contributed by atoms with van der Waals surface area (Å²) in [6.07, 6.45) is -9.35. The fourth-order valence-electron chi connectivity index (χ4n) is 11.9. The maximum absolute atomic E-state index is 14.7. The van der Waals surface area contributed by atoms with Gasteiger partial charge in [0.15, 0.2) is 11.6 Å². The second-order valence-corrected chi connectivity index (χ2v) is 19.2. The lowest BCUT2D eigenvalue weighted by Crippen LogP contribution is -2.16. The fraction of sp³-hybridized carbons (Fsp3) is 0.0312. The van der Waals surface area contributed by atoms with E-state index in [1.54, 1.807) is 57.7 Å². The van der Waals surface area contributed by atoms with Crippen molar-refractivity contribution in [1.82, 2.24) is 23.3 Å². The minimum Gasteiger partial charge on any atom is -0.305 e. The van der Waals surface area contributed by atoms with Crippen molar-refractivity contribution < 1.29 is 26.3 Å². The molecule has 0 spiro atoms. The van der Waals surface area contributed by atoms with Gasteiger partial charge in [0, 0.05) is 43.1 Å². The summed E-state index contributed by atoms with van der Waals surface area (Å²) >= 11 is 0. The minimum atomic E-state index is -4.68. The third-order valence-electron chi connectivity index (χ3n) is 15.2. The molecule has 0 saturated carbocycles. The van der Waals surface area contributed by atoms with Gasteiger partial charge < -0.3 is 9.13 Å². The van der Waals surface area contributed by atoms with Crippen LogP contribution in [0.1, 0.15) is 16.7 Å². The van der Waals surface area contributed by atoms with Crippen LogP contribution in [0.4, 0.5) is 26.3 Å². The van der Waals surface area contributed by atoms with Crippen LogP contribution in [0.25, 0.3) is 132 Å². The molecular formula is C64H34F6N6. The van der Waals surface area contributed by atoms with Crippen molar-refractivity contribution in [2.75, 3.05) is 0 Å². The molecule has 0 bridgehead atoms. The lowest BCUT2D eigenvalue weighted by molar-refractivity contribution is -0.138. The molecule has 12 heteroatoms. The van der Waals surface area contributed by atoms with Crippen LogP contribution in [0.3, 0.4) is 0 Å². The lowest BCUT2D eigenvalue weighted by atomic mass is 10.1. The fourth-order valence-corrected chi connectivity index (χ4v) is 11.9. The Kier molecular flexibility index (Phi) is 8.96. The topological polar surface area (TPSA) is 56.4 Å². The largest absolute Gasteiger partial charge is 0.416 e. The maximum Gasteiger partial charge on any atom is 0.416 e. The van der Waals surface area contributed by atoms with Gasteiger partial charge in [0.2, 0.25) is 0 Å². The molecule has 0 amide bonds. The summed E-state index contributed by atoms with van der Waals surface area (Å²) in [6.45, 7) is 0. The Morgan fingerprint density at radius 2 is 0.618 bits per heavy atom. The first kappa shape index (κ1) is 43.7. The number of aromatic nitrogens is 5. The smallest absolute Gasteiger partial charge is 0.305 e. The van der Waals surface area contributed by atoms with Crippen molar-refractivity contribution in [3.8, 4) is 29.1 Å². The highest BCUT2D eigenvalue weighted by Crippen LogP contribution is 2.47. The second-order valence-electron chi connectivity index (χ2n) is 19.2. The van der Waals surface area contributed by atoms with Crippen molar-refractivity contribution in [3.05, 3.63) is 223 Å². The molecule has 15 rings (SSSR count). The first-order valence-corrected chi connectivity index (χ1v) is 24.5. The first-order valence-electron chi connectivity index (χ1n) is 24.5. The number of nitriles is 1. The normalized spacial score (nSPS) is 12.6. The van der Waals surface area contributed by atoms with E-state index in [-0.39, 0.29) is 27.8 Å². The van der Waals surface area contributed by atoms with E-state index in [0.717, 1.165) is 89.4 Å².